The highest BCUT2D eigenvalue weighted by molar-refractivity contribution is 7.80. The summed E-state index contributed by atoms with van der Waals surface area (Å²) >= 11 is 5.33. The highest BCUT2D eigenvalue weighted by Gasteiger charge is 2.05. The number of nitrogens with one attached hydrogen (secondary N) is 3. The summed E-state index contributed by atoms with van der Waals surface area (Å²) in [6, 6.07) is 15.8. The monoisotopic (exact) mass is 366 g/mol. The molecule has 2 aromatic carbocycles. The van der Waals surface area contributed by atoms with Crippen LogP contribution in [0.15, 0.2) is 48.5 Å². The molecule has 0 aliphatic heterocycles. The number of rotatable bonds is 5. The molecule has 0 radical (unpaired) electrons. The van der Waals surface area contributed by atoms with Gasteiger partial charge in [-0.1, -0.05) is 18.2 Å². The number of hydrogen-bond donors (Lipinski definition) is 3. The Kier molecular flexibility index (Phi) is 5.53. The molecule has 0 bridgehead atoms. The number of nitrogens with zero attached hydrogens (tertiary/aromatic N) is 1. The normalized spacial score (nSPS) is 10.4. The van der Waals surface area contributed by atoms with E-state index >= 15 is 0 Å². The smallest absolute Gasteiger partial charge is 0.189 e. The summed E-state index contributed by atoms with van der Waals surface area (Å²) in [7, 11) is 0. The van der Waals surface area contributed by atoms with Crippen LogP contribution in [0.5, 0.6) is 5.75 Å². The largest absolute Gasteiger partial charge is 0.494 e. The minimum Gasteiger partial charge on any atom is -0.494 e. The van der Waals surface area contributed by atoms with E-state index < -0.39 is 0 Å². The second-order valence-corrected chi connectivity index (χ2v) is 6.37. The number of thiocarbonyl (C=S) groups is 1. The molecule has 0 amide bonds. The van der Waals surface area contributed by atoms with Gasteiger partial charge in [-0.15, -0.1) is 0 Å². The Balaban J connectivity index is 1.64. The number of para-hydroxylation sites is 1. The summed E-state index contributed by atoms with van der Waals surface area (Å²) in [6.07, 6.45) is 0. The van der Waals surface area contributed by atoms with Crippen molar-refractivity contribution in [3.63, 3.8) is 0 Å². The predicted octanol–water partition coefficient (Wildman–Crippen LogP) is 4.56. The van der Waals surface area contributed by atoms with Crippen molar-refractivity contribution in [2.75, 3.05) is 17.3 Å². The first kappa shape index (κ1) is 17.9. The Morgan fingerprint density at radius 1 is 1.08 bits per heavy atom. The first-order valence-electron chi connectivity index (χ1n) is 8.49. The van der Waals surface area contributed by atoms with Gasteiger partial charge in [0.1, 0.15) is 11.6 Å². The molecule has 0 saturated heterocycles. The molecular formula is C20H22N4OS. The zero-order chi connectivity index (χ0) is 18.5. The van der Waals surface area contributed by atoms with E-state index in [9.17, 15) is 0 Å². The van der Waals surface area contributed by atoms with Gasteiger partial charge in [0, 0.05) is 11.1 Å². The summed E-state index contributed by atoms with van der Waals surface area (Å²) in [5.41, 5.74) is 10.2. The molecule has 3 aromatic rings. The first-order valence-corrected chi connectivity index (χ1v) is 8.90. The van der Waals surface area contributed by atoms with E-state index in [1.165, 1.54) is 0 Å². The van der Waals surface area contributed by atoms with Crippen molar-refractivity contribution in [3.05, 3.63) is 59.7 Å². The Bertz CT molecular complexity index is 925. The van der Waals surface area contributed by atoms with Gasteiger partial charge in [-0.2, -0.15) is 0 Å². The molecule has 0 fully saturated rings. The minimum absolute atomic E-state index is 0.457. The maximum atomic E-state index is 5.43. The average Bonchev–Trinajstić information content (AvgIpc) is 2.63. The fourth-order valence-electron chi connectivity index (χ4n) is 2.71. The summed E-state index contributed by atoms with van der Waals surface area (Å²) in [4.78, 5) is 4.67. The Labute approximate surface area is 158 Å². The molecular weight excluding hydrogens is 344 g/mol. The highest BCUT2D eigenvalue weighted by Crippen LogP contribution is 2.22. The van der Waals surface area contributed by atoms with Gasteiger partial charge in [0.2, 0.25) is 0 Å². The fourth-order valence-corrected chi connectivity index (χ4v) is 2.88. The standard InChI is InChI=1S/C20H22N4OS/c1-4-25-16-10-8-15(9-11-16)21-20(26)24-23-18-12-14(3)17-7-5-6-13(2)19(17)22-18/h5-12H,4H2,1-3H3,(H,22,23)(H2,21,24,26). The molecule has 0 unspecified atom stereocenters. The van der Waals surface area contributed by atoms with E-state index in [0.717, 1.165) is 39.3 Å². The van der Waals surface area contributed by atoms with Gasteiger partial charge in [-0.05, 0) is 74.4 Å². The van der Waals surface area contributed by atoms with Crippen molar-refractivity contribution in [2.24, 2.45) is 0 Å². The molecule has 1 heterocycles. The van der Waals surface area contributed by atoms with Crippen molar-refractivity contribution in [1.29, 1.82) is 0 Å². The molecule has 3 rings (SSSR count). The summed E-state index contributed by atoms with van der Waals surface area (Å²) in [6.45, 7) is 6.74. The molecule has 26 heavy (non-hydrogen) atoms. The van der Waals surface area contributed by atoms with Crippen molar-refractivity contribution in [1.82, 2.24) is 10.4 Å². The zero-order valence-electron chi connectivity index (χ0n) is 15.1. The van der Waals surface area contributed by atoms with Crippen LogP contribution >= 0.6 is 12.2 Å². The number of hydrogen-bond acceptors (Lipinski definition) is 4. The van der Waals surface area contributed by atoms with E-state index in [-0.39, 0.29) is 0 Å². The molecule has 0 aliphatic rings. The van der Waals surface area contributed by atoms with Gasteiger partial charge in [0.15, 0.2) is 5.11 Å². The minimum atomic E-state index is 0.457. The Morgan fingerprint density at radius 3 is 2.58 bits per heavy atom. The van der Waals surface area contributed by atoms with E-state index in [4.69, 9.17) is 17.0 Å². The average molecular weight is 366 g/mol. The summed E-state index contributed by atoms with van der Waals surface area (Å²) < 4.78 is 5.43. The van der Waals surface area contributed by atoms with Crippen molar-refractivity contribution in [3.8, 4) is 5.75 Å². The molecule has 0 atom stereocenters. The Hall–Kier alpha value is -2.86. The van der Waals surface area contributed by atoms with Crippen LogP contribution in [-0.4, -0.2) is 16.7 Å². The van der Waals surface area contributed by atoms with Crippen LogP contribution in [0.2, 0.25) is 0 Å². The number of aryl methyl sites for hydroxylation is 2. The Morgan fingerprint density at radius 2 is 1.85 bits per heavy atom. The molecule has 0 aliphatic carbocycles. The molecule has 134 valence electrons. The zero-order valence-corrected chi connectivity index (χ0v) is 15.9. The van der Waals surface area contributed by atoms with Gasteiger partial charge < -0.3 is 10.1 Å². The number of anilines is 2. The van der Waals surface area contributed by atoms with Crippen LogP contribution in [0.3, 0.4) is 0 Å². The number of pyridine rings is 1. The van der Waals surface area contributed by atoms with Crippen LogP contribution in [0.4, 0.5) is 11.5 Å². The van der Waals surface area contributed by atoms with E-state index in [0.29, 0.717) is 11.7 Å². The third kappa shape index (κ3) is 4.21. The number of hydrazine groups is 1. The van der Waals surface area contributed by atoms with Crippen molar-refractivity contribution in [2.45, 2.75) is 20.8 Å². The van der Waals surface area contributed by atoms with Crippen molar-refractivity contribution >= 4 is 39.7 Å². The highest BCUT2D eigenvalue weighted by atomic mass is 32.1. The molecule has 0 saturated carbocycles. The van der Waals surface area contributed by atoms with Crippen LogP contribution in [0, 0.1) is 13.8 Å². The lowest BCUT2D eigenvalue weighted by atomic mass is 10.1. The lowest BCUT2D eigenvalue weighted by molar-refractivity contribution is 0.340. The van der Waals surface area contributed by atoms with Gasteiger partial charge in [-0.3, -0.25) is 10.9 Å². The lowest BCUT2D eigenvalue weighted by Gasteiger charge is -2.14. The number of benzene rings is 2. The number of aromatic nitrogens is 1. The first-order chi connectivity index (χ1) is 12.6. The van der Waals surface area contributed by atoms with E-state index in [1.54, 1.807) is 0 Å². The SMILES string of the molecule is CCOc1ccc(NC(=S)NNc2cc(C)c3cccc(C)c3n2)cc1. The van der Waals surface area contributed by atoms with Crippen LogP contribution in [-0.2, 0) is 0 Å². The van der Waals surface area contributed by atoms with Crippen LogP contribution in [0.25, 0.3) is 10.9 Å². The summed E-state index contributed by atoms with van der Waals surface area (Å²) in [5, 5.41) is 4.73. The lowest BCUT2D eigenvalue weighted by Crippen LogP contribution is -2.33. The van der Waals surface area contributed by atoms with Gasteiger partial charge >= 0.3 is 0 Å². The molecule has 6 heteroatoms. The third-order valence-electron chi connectivity index (χ3n) is 3.98. The van der Waals surface area contributed by atoms with Gasteiger partial charge in [0.05, 0.1) is 12.1 Å². The van der Waals surface area contributed by atoms with Crippen molar-refractivity contribution < 1.29 is 4.74 Å². The molecule has 3 N–H and O–H groups in total. The van der Waals surface area contributed by atoms with E-state index in [1.807, 2.05) is 43.3 Å². The molecule has 1 aromatic heterocycles. The van der Waals surface area contributed by atoms with Gasteiger partial charge in [-0.25, -0.2) is 4.98 Å². The second kappa shape index (κ2) is 8.01. The topological polar surface area (TPSA) is 58.2 Å². The second-order valence-electron chi connectivity index (χ2n) is 5.96. The molecule has 5 nitrogen and oxygen atoms in total. The van der Waals surface area contributed by atoms with Crippen LogP contribution < -0.4 is 20.9 Å². The maximum Gasteiger partial charge on any atom is 0.189 e. The summed E-state index contributed by atoms with van der Waals surface area (Å²) in [5.74, 6) is 1.56. The molecule has 0 spiro atoms. The maximum absolute atomic E-state index is 5.43. The van der Waals surface area contributed by atoms with Gasteiger partial charge in [0.25, 0.3) is 0 Å². The fraction of sp³-hybridized carbons (Fsp3) is 0.200. The number of fused-ring (bicyclic) bond motifs is 1. The number of ether oxygens (including phenoxy) is 1. The van der Waals surface area contributed by atoms with E-state index in [2.05, 4.69) is 47.1 Å². The third-order valence-corrected chi connectivity index (χ3v) is 4.18. The van der Waals surface area contributed by atoms with Crippen LogP contribution in [0.1, 0.15) is 18.1 Å². The quantitative estimate of drug-likeness (QED) is 0.454. The predicted molar refractivity (Wildman–Crippen MR) is 112 cm³/mol.